The Morgan fingerprint density at radius 1 is 0.652 bits per heavy atom. The van der Waals surface area contributed by atoms with Gasteiger partial charge in [0.2, 0.25) is 0 Å². The van der Waals surface area contributed by atoms with Crippen LogP contribution >= 0.6 is 0 Å². The maximum Gasteiger partial charge on any atom is 0.0512 e. The van der Waals surface area contributed by atoms with Gasteiger partial charge in [0.25, 0.3) is 0 Å². The summed E-state index contributed by atoms with van der Waals surface area (Å²) in [6.45, 7) is 19.0. The van der Waals surface area contributed by atoms with Crippen molar-refractivity contribution in [2.75, 3.05) is 19.8 Å². The maximum atomic E-state index is 2.87. The molecule has 4 atom stereocenters. The molecule has 2 nitrogen and oxygen atoms in total. The van der Waals surface area contributed by atoms with E-state index in [0.29, 0.717) is 21.7 Å². The van der Waals surface area contributed by atoms with Crippen molar-refractivity contribution in [3.05, 3.63) is 0 Å². The van der Waals surface area contributed by atoms with Crippen molar-refractivity contribution in [3.8, 4) is 0 Å². The van der Waals surface area contributed by atoms with Crippen LogP contribution < -0.4 is 0 Å². The Morgan fingerprint density at radius 3 is 1.43 bits per heavy atom. The minimum atomic E-state index is 0.543. The minimum absolute atomic E-state index is 0.543. The lowest BCUT2D eigenvalue weighted by atomic mass is 9.65. The summed E-state index contributed by atoms with van der Waals surface area (Å²) >= 11 is 0. The van der Waals surface area contributed by atoms with Crippen LogP contribution in [0.25, 0.3) is 0 Å². The molecule has 23 heavy (non-hydrogen) atoms. The second kappa shape index (κ2) is 4.75. The smallest absolute Gasteiger partial charge is 0.0512 e. The van der Waals surface area contributed by atoms with Crippen LogP contribution in [-0.2, 0) is 0 Å². The molecule has 0 aromatic rings. The molecule has 4 rings (SSSR count). The van der Waals surface area contributed by atoms with E-state index >= 15 is 0 Å². The first kappa shape index (κ1) is 16.4. The number of hydrogen-bond acceptors (Lipinski definition) is 2. The second-order valence-electron chi connectivity index (χ2n) is 12.1. The average Bonchev–Trinajstić information content (AvgIpc) is 2.67. The second-order valence-corrected chi connectivity index (χ2v) is 12.1. The van der Waals surface area contributed by atoms with Crippen molar-refractivity contribution in [1.82, 2.24) is 9.80 Å². The zero-order chi connectivity index (χ0) is 16.7. The van der Waals surface area contributed by atoms with Crippen LogP contribution in [-0.4, -0.2) is 41.6 Å². The lowest BCUT2D eigenvalue weighted by molar-refractivity contribution is 0.0807. The summed E-state index contributed by atoms with van der Waals surface area (Å²) in [4.78, 5) is 5.73. The van der Waals surface area contributed by atoms with Crippen LogP contribution in [0.5, 0.6) is 0 Å². The first-order valence-electron chi connectivity index (χ1n) is 9.95. The molecule has 2 saturated carbocycles. The Labute approximate surface area is 144 Å². The number of rotatable bonds is 2. The van der Waals surface area contributed by atoms with E-state index in [4.69, 9.17) is 0 Å². The number of hydrogen-bond donors (Lipinski definition) is 0. The SMILES string of the molecule is CC1(C)C[C@@H]2C[C@](C)(CN2CN2C[C@@]3(C)C[C@@H]2CC(C)(C)C3)C1. The summed E-state index contributed by atoms with van der Waals surface area (Å²) in [5.74, 6) is 0. The van der Waals surface area contributed by atoms with Crippen LogP contribution in [0.1, 0.15) is 80.1 Å². The van der Waals surface area contributed by atoms with Gasteiger partial charge in [-0.1, -0.05) is 41.5 Å². The molecular weight excluding hydrogens is 280 g/mol. The Morgan fingerprint density at radius 2 is 1.04 bits per heavy atom. The molecule has 132 valence electrons. The third-order valence-electron chi connectivity index (χ3n) is 7.41. The summed E-state index contributed by atoms with van der Waals surface area (Å²) in [7, 11) is 0. The average molecular weight is 319 g/mol. The fourth-order valence-corrected chi connectivity index (χ4v) is 7.72. The maximum absolute atomic E-state index is 2.87. The Balaban J connectivity index is 1.48. The number of fused-ring (bicyclic) bond motifs is 4. The van der Waals surface area contributed by atoms with Gasteiger partial charge in [-0.15, -0.1) is 0 Å². The van der Waals surface area contributed by atoms with Crippen molar-refractivity contribution < 1.29 is 0 Å². The van der Waals surface area contributed by atoms with Crippen LogP contribution in [0.15, 0.2) is 0 Å². The molecule has 0 N–H and O–H groups in total. The molecule has 0 aromatic carbocycles. The molecule has 2 heteroatoms. The standard InChI is InChI=1S/C21H38N2/c1-18(2)7-16-9-20(5,11-18)13-22(16)15-23-14-21(6)10-17(23)8-19(3,4)12-21/h16-17H,7-15H2,1-6H3/t16-,17+,20-,21-/m0/s1. The van der Waals surface area contributed by atoms with Crippen molar-refractivity contribution in [3.63, 3.8) is 0 Å². The molecule has 0 spiro atoms. The summed E-state index contributed by atoms with van der Waals surface area (Å²) in [5, 5.41) is 0. The van der Waals surface area contributed by atoms with E-state index in [9.17, 15) is 0 Å². The number of likely N-dealkylation sites (tertiary alicyclic amines) is 2. The van der Waals surface area contributed by atoms with Gasteiger partial charge in [0.15, 0.2) is 0 Å². The molecule has 2 aliphatic carbocycles. The van der Waals surface area contributed by atoms with Crippen LogP contribution in [0, 0.1) is 21.7 Å². The molecule has 4 aliphatic rings. The van der Waals surface area contributed by atoms with Crippen molar-refractivity contribution in [1.29, 1.82) is 0 Å². The van der Waals surface area contributed by atoms with Gasteiger partial charge in [0.1, 0.15) is 0 Å². The molecule has 2 heterocycles. The van der Waals surface area contributed by atoms with Gasteiger partial charge < -0.3 is 0 Å². The van der Waals surface area contributed by atoms with Crippen LogP contribution in [0.3, 0.4) is 0 Å². The van der Waals surface area contributed by atoms with E-state index in [1.807, 2.05) is 0 Å². The van der Waals surface area contributed by atoms with Crippen molar-refractivity contribution >= 4 is 0 Å². The Kier molecular flexibility index (Phi) is 3.39. The fourth-order valence-electron chi connectivity index (χ4n) is 7.72. The minimum Gasteiger partial charge on any atom is -0.287 e. The molecule has 0 aromatic heterocycles. The highest BCUT2D eigenvalue weighted by atomic mass is 15.4. The third kappa shape index (κ3) is 2.99. The lowest BCUT2D eigenvalue weighted by Gasteiger charge is -2.40. The van der Waals surface area contributed by atoms with E-state index in [2.05, 4.69) is 51.3 Å². The monoisotopic (exact) mass is 318 g/mol. The lowest BCUT2D eigenvalue weighted by Crippen LogP contribution is -2.44. The van der Waals surface area contributed by atoms with Gasteiger partial charge in [-0.3, -0.25) is 9.80 Å². The van der Waals surface area contributed by atoms with Gasteiger partial charge in [0, 0.05) is 25.2 Å². The first-order valence-corrected chi connectivity index (χ1v) is 9.95. The van der Waals surface area contributed by atoms with E-state index < -0.39 is 0 Å². The molecule has 4 bridgehead atoms. The third-order valence-corrected chi connectivity index (χ3v) is 7.41. The predicted octanol–water partition coefficient (Wildman–Crippen LogP) is 4.75. The van der Waals surface area contributed by atoms with Crippen molar-refractivity contribution in [2.24, 2.45) is 21.7 Å². The molecular formula is C21H38N2. The van der Waals surface area contributed by atoms with E-state index in [-0.39, 0.29) is 0 Å². The molecule has 2 saturated heterocycles. The first-order chi connectivity index (χ1) is 10.5. The summed E-state index contributed by atoms with van der Waals surface area (Å²) in [5.41, 5.74) is 2.23. The number of nitrogens with zero attached hydrogens (tertiary/aromatic N) is 2. The highest BCUT2D eigenvalue weighted by molar-refractivity contribution is 5.05. The molecule has 0 radical (unpaired) electrons. The van der Waals surface area contributed by atoms with Gasteiger partial charge in [-0.2, -0.15) is 0 Å². The van der Waals surface area contributed by atoms with Gasteiger partial charge in [0.05, 0.1) is 6.67 Å². The molecule has 2 aliphatic heterocycles. The molecule has 0 unspecified atom stereocenters. The summed E-state index contributed by atoms with van der Waals surface area (Å²) in [6, 6.07) is 1.68. The van der Waals surface area contributed by atoms with Crippen molar-refractivity contribution in [2.45, 2.75) is 92.2 Å². The van der Waals surface area contributed by atoms with E-state index in [1.165, 1.54) is 58.3 Å². The molecule has 4 fully saturated rings. The summed E-state index contributed by atoms with van der Waals surface area (Å²) in [6.07, 6.45) is 8.53. The fraction of sp³-hybridized carbons (Fsp3) is 1.00. The zero-order valence-electron chi connectivity index (χ0n) is 16.4. The topological polar surface area (TPSA) is 6.48 Å². The van der Waals surface area contributed by atoms with E-state index in [0.717, 1.165) is 12.1 Å². The quantitative estimate of drug-likeness (QED) is 0.725. The van der Waals surface area contributed by atoms with Gasteiger partial charge in [-0.25, -0.2) is 0 Å². The molecule has 0 amide bonds. The largest absolute Gasteiger partial charge is 0.287 e. The normalized spacial score (nSPS) is 48.8. The van der Waals surface area contributed by atoms with Gasteiger partial charge in [-0.05, 0) is 60.2 Å². The Hall–Kier alpha value is -0.0800. The highest BCUT2D eigenvalue weighted by Gasteiger charge is 2.53. The van der Waals surface area contributed by atoms with Crippen LogP contribution in [0.2, 0.25) is 0 Å². The predicted molar refractivity (Wildman–Crippen MR) is 97.3 cm³/mol. The van der Waals surface area contributed by atoms with Crippen LogP contribution in [0.4, 0.5) is 0 Å². The summed E-state index contributed by atoms with van der Waals surface area (Å²) < 4.78 is 0. The highest BCUT2D eigenvalue weighted by Crippen LogP contribution is 2.55. The Bertz CT molecular complexity index is 452. The van der Waals surface area contributed by atoms with Gasteiger partial charge >= 0.3 is 0 Å². The van der Waals surface area contributed by atoms with E-state index in [1.54, 1.807) is 0 Å². The zero-order valence-corrected chi connectivity index (χ0v) is 16.4.